The molecule has 0 fully saturated rings. The van der Waals surface area contributed by atoms with Gasteiger partial charge in [0.25, 0.3) is 0 Å². The first-order valence-corrected chi connectivity index (χ1v) is 6.24. The quantitative estimate of drug-likeness (QED) is 0.572. The van der Waals surface area contributed by atoms with Crippen molar-refractivity contribution < 1.29 is 30.7 Å². The van der Waals surface area contributed by atoms with Crippen molar-refractivity contribution in [2.24, 2.45) is 5.92 Å². The fourth-order valence-corrected chi connectivity index (χ4v) is 2.51. The summed E-state index contributed by atoms with van der Waals surface area (Å²) in [5.74, 6) is 1.06. The van der Waals surface area contributed by atoms with Gasteiger partial charge in [0.1, 0.15) is 0 Å². The Balaban J connectivity index is 0. The van der Waals surface area contributed by atoms with Gasteiger partial charge in [-0.05, 0) is 0 Å². The van der Waals surface area contributed by atoms with E-state index in [-0.39, 0.29) is 12.4 Å². The van der Waals surface area contributed by atoms with Gasteiger partial charge in [0.05, 0.1) is 0 Å². The largest absolute Gasteiger partial charge is 1.00 e. The van der Waals surface area contributed by atoms with E-state index in [2.05, 4.69) is 13.8 Å². The maximum absolute atomic E-state index is 2.32. The first-order chi connectivity index (χ1) is 4.35. The zero-order valence-corrected chi connectivity index (χ0v) is 10.9. The zero-order chi connectivity index (χ0) is 7.11. The van der Waals surface area contributed by atoms with Gasteiger partial charge in [-0.15, -0.1) is 0 Å². The van der Waals surface area contributed by atoms with Crippen molar-refractivity contribution in [3.8, 4) is 0 Å². The Hall–Kier alpha value is 0.913. The minimum Gasteiger partial charge on any atom is -1.00 e. The molecular weight excluding hydrogens is 197 g/mol. The Kier molecular flexibility index (Phi) is 13.4. The van der Waals surface area contributed by atoms with Gasteiger partial charge < -0.3 is 12.4 Å². The third kappa shape index (κ3) is 7.03. The molecule has 0 saturated carbocycles. The summed E-state index contributed by atoms with van der Waals surface area (Å²) in [5.41, 5.74) is 0. The summed E-state index contributed by atoms with van der Waals surface area (Å²) >= 11 is 1.49. The molecule has 0 saturated heterocycles. The third-order valence-corrected chi connectivity index (χ3v) is 3.66. The monoisotopic (exact) mass is 212 g/mol. The molecule has 2 heteroatoms. The molecule has 0 heterocycles. The van der Waals surface area contributed by atoms with Crippen LogP contribution in [0.2, 0.25) is 5.02 Å². The number of hydrogen-bond donors (Lipinski definition) is 0. The average molecular weight is 214 g/mol. The van der Waals surface area contributed by atoms with Crippen molar-refractivity contribution in [3.63, 3.8) is 0 Å². The molecule has 0 spiro atoms. The topological polar surface area (TPSA) is 0 Å². The van der Waals surface area contributed by atoms with E-state index in [9.17, 15) is 0 Å². The predicted molar refractivity (Wildman–Crippen MR) is 38.1 cm³/mol. The van der Waals surface area contributed by atoms with E-state index in [0.717, 1.165) is 5.92 Å². The Morgan fingerprint density at radius 2 is 1.90 bits per heavy atom. The van der Waals surface area contributed by atoms with Crippen LogP contribution in [-0.4, -0.2) is 0 Å². The maximum Gasteiger partial charge on any atom is -1.00 e. The van der Waals surface area contributed by atoms with Crippen LogP contribution in [0.4, 0.5) is 0 Å². The molecule has 1 atom stereocenters. The van der Waals surface area contributed by atoms with Crippen LogP contribution in [0.1, 0.15) is 39.5 Å². The number of halogens is 1. The average Bonchev–Trinajstić information content (AvgIpc) is 1.91. The van der Waals surface area contributed by atoms with Crippen molar-refractivity contribution in [2.45, 2.75) is 44.5 Å². The number of rotatable bonds is 5. The second kappa shape index (κ2) is 9.91. The molecule has 0 rings (SSSR count). The summed E-state index contributed by atoms with van der Waals surface area (Å²) in [7, 11) is 0. The van der Waals surface area contributed by atoms with E-state index in [1.807, 2.05) is 0 Å². The molecule has 0 radical (unpaired) electrons. The van der Waals surface area contributed by atoms with Crippen LogP contribution in [0.3, 0.4) is 0 Å². The molecule has 0 bridgehead atoms. The van der Waals surface area contributed by atoms with Gasteiger partial charge in [0, 0.05) is 0 Å². The van der Waals surface area contributed by atoms with Crippen LogP contribution in [0.5, 0.6) is 0 Å². The number of unbranched alkanes of at least 4 members (excludes halogenated alkanes) is 1. The van der Waals surface area contributed by atoms with Crippen LogP contribution < -0.4 is 12.4 Å². The molecule has 0 aromatic rings. The summed E-state index contributed by atoms with van der Waals surface area (Å²) in [5, 5.41) is 1.50. The summed E-state index contributed by atoms with van der Waals surface area (Å²) in [6.07, 6.45) is 5.70. The first-order valence-electron chi connectivity index (χ1n) is 4.14. The fourth-order valence-electron chi connectivity index (χ4n) is 1.05. The Bertz CT molecular complexity index is 53.2. The van der Waals surface area contributed by atoms with Crippen LogP contribution in [0.15, 0.2) is 0 Å². The second-order valence-electron chi connectivity index (χ2n) is 2.71. The molecule has 0 amide bonds. The Morgan fingerprint density at radius 1 is 1.30 bits per heavy atom. The van der Waals surface area contributed by atoms with Gasteiger partial charge in [0.2, 0.25) is 0 Å². The van der Waals surface area contributed by atoms with E-state index in [4.69, 9.17) is 0 Å². The van der Waals surface area contributed by atoms with E-state index in [1.165, 1.54) is 49.0 Å². The smallest absolute Gasteiger partial charge is 1.00 e. The minimum atomic E-state index is 0. The standard InChI is InChI=1S/C8H17.ClH.Zn/c1-4-6-7-8(3)5-2;;/h8H,3-7H2,1-2H3;1H;/q;;+1/p-1. The molecule has 0 aliphatic carbocycles. The molecular formula is C8H17ClZn. The van der Waals surface area contributed by atoms with Crippen molar-refractivity contribution in [1.82, 2.24) is 0 Å². The van der Waals surface area contributed by atoms with Crippen LogP contribution >= 0.6 is 0 Å². The normalized spacial score (nSPS) is 12.4. The van der Waals surface area contributed by atoms with E-state index in [0.29, 0.717) is 0 Å². The molecule has 0 aromatic carbocycles. The van der Waals surface area contributed by atoms with Gasteiger partial charge in [-0.2, -0.15) is 0 Å². The van der Waals surface area contributed by atoms with Gasteiger partial charge in [-0.1, -0.05) is 0 Å². The first kappa shape index (κ1) is 13.5. The van der Waals surface area contributed by atoms with Gasteiger partial charge >= 0.3 is 68.8 Å². The van der Waals surface area contributed by atoms with Gasteiger partial charge in [-0.25, -0.2) is 0 Å². The zero-order valence-electron chi connectivity index (χ0n) is 7.20. The van der Waals surface area contributed by atoms with E-state index in [1.54, 1.807) is 0 Å². The molecule has 0 aromatic heterocycles. The van der Waals surface area contributed by atoms with E-state index < -0.39 is 0 Å². The van der Waals surface area contributed by atoms with Crippen LogP contribution in [0, 0.1) is 5.92 Å². The number of hydrogen-bond acceptors (Lipinski definition) is 0. The van der Waals surface area contributed by atoms with E-state index >= 15 is 0 Å². The van der Waals surface area contributed by atoms with Crippen LogP contribution in [-0.2, 0) is 18.3 Å². The summed E-state index contributed by atoms with van der Waals surface area (Å²) < 4.78 is 0. The van der Waals surface area contributed by atoms with Crippen molar-refractivity contribution in [2.75, 3.05) is 0 Å². The van der Waals surface area contributed by atoms with Crippen molar-refractivity contribution >= 4 is 0 Å². The fraction of sp³-hybridized carbons (Fsp3) is 1.00. The van der Waals surface area contributed by atoms with Gasteiger partial charge in [-0.3, -0.25) is 0 Å². The minimum absolute atomic E-state index is 0. The molecule has 0 aliphatic heterocycles. The maximum atomic E-state index is 2.32. The molecule has 1 unspecified atom stereocenters. The molecule has 10 heavy (non-hydrogen) atoms. The second-order valence-corrected chi connectivity index (χ2v) is 3.92. The van der Waals surface area contributed by atoms with Gasteiger partial charge in [0.15, 0.2) is 0 Å². The molecule has 0 nitrogen and oxygen atoms in total. The van der Waals surface area contributed by atoms with Crippen molar-refractivity contribution in [3.05, 3.63) is 0 Å². The molecule has 58 valence electrons. The SMILES string of the molecule is CCCCC(CC)[CH2][Zn+].[Cl-]. The van der Waals surface area contributed by atoms with Crippen LogP contribution in [0.25, 0.3) is 0 Å². The summed E-state index contributed by atoms with van der Waals surface area (Å²) in [6, 6.07) is 0. The Morgan fingerprint density at radius 3 is 2.20 bits per heavy atom. The predicted octanol–water partition coefficient (Wildman–Crippen LogP) is 0.172. The third-order valence-electron chi connectivity index (χ3n) is 1.95. The summed E-state index contributed by atoms with van der Waals surface area (Å²) in [6.45, 7) is 4.59. The molecule has 0 N–H and O–H groups in total. The summed E-state index contributed by atoms with van der Waals surface area (Å²) in [4.78, 5) is 0. The Labute approximate surface area is 81.2 Å². The van der Waals surface area contributed by atoms with Crippen molar-refractivity contribution in [1.29, 1.82) is 0 Å². The molecule has 0 aliphatic rings.